The number of anilines is 1. The second kappa shape index (κ2) is 10.2. The lowest BCUT2D eigenvalue weighted by Crippen LogP contribution is -2.32. The minimum atomic E-state index is -0.0484. The topological polar surface area (TPSA) is 58.1 Å². The fraction of sp³-hybridized carbons (Fsp3) is 0.346. The zero-order chi connectivity index (χ0) is 21.5. The zero-order valence-corrected chi connectivity index (χ0v) is 18.1. The van der Waals surface area contributed by atoms with Crippen LogP contribution in [0.25, 0.3) is 11.3 Å². The van der Waals surface area contributed by atoms with Gasteiger partial charge in [-0.25, -0.2) is 9.97 Å². The summed E-state index contributed by atoms with van der Waals surface area (Å²) in [5.41, 5.74) is 3.73. The molecule has 1 aliphatic rings. The van der Waals surface area contributed by atoms with Crippen molar-refractivity contribution in [1.29, 1.82) is 0 Å². The standard InChI is InChI=1S/C26H30N4O/c1-20(13-14-21-9-4-2-5-10-21)29-26(31)23-12-8-11-22(17-23)24-18-25(28-19-27-24)30-15-6-3-7-16-30/h2,4-5,8-12,17-20H,3,6-7,13-16H2,1H3,(H,29,31). The smallest absolute Gasteiger partial charge is 0.251 e. The van der Waals surface area contributed by atoms with Gasteiger partial charge in [0.15, 0.2) is 0 Å². The van der Waals surface area contributed by atoms with Crippen LogP contribution in [0.4, 0.5) is 5.82 Å². The van der Waals surface area contributed by atoms with Gasteiger partial charge in [0.25, 0.3) is 5.91 Å². The van der Waals surface area contributed by atoms with E-state index in [1.165, 1.54) is 24.8 Å². The summed E-state index contributed by atoms with van der Waals surface area (Å²) in [5.74, 6) is 0.918. The van der Waals surface area contributed by atoms with E-state index in [9.17, 15) is 4.79 Å². The first-order valence-electron chi connectivity index (χ1n) is 11.2. The zero-order valence-electron chi connectivity index (χ0n) is 18.1. The molecule has 0 bridgehead atoms. The molecular weight excluding hydrogens is 384 g/mol. The Bertz CT molecular complexity index is 999. The van der Waals surface area contributed by atoms with Gasteiger partial charge in [-0.1, -0.05) is 42.5 Å². The Hall–Kier alpha value is -3.21. The molecule has 0 radical (unpaired) electrons. The number of hydrogen-bond donors (Lipinski definition) is 1. The van der Waals surface area contributed by atoms with E-state index < -0.39 is 0 Å². The van der Waals surface area contributed by atoms with Crippen LogP contribution in [0.1, 0.15) is 48.5 Å². The van der Waals surface area contributed by atoms with Gasteiger partial charge in [-0.15, -0.1) is 0 Å². The maximum Gasteiger partial charge on any atom is 0.251 e. The molecule has 2 heterocycles. The summed E-state index contributed by atoms with van der Waals surface area (Å²) in [5, 5.41) is 3.13. The lowest BCUT2D eigenvalue weighted by molar-refractivity contribution is 0.0938. The van der Waals surface area contributed by atoms with Gasteiger partial charge in [-0.2, -0.15) is 0 Å². The van der Waals surface area contributed by atoms with Crippen LogP contribution in [0.5, 0.6) is 0 Å². The fourth-order valence-electron chi connectivity index (χ4n) is 4.03. The average molecular weight is 415 g/mol. The maximum atomic E-state index is 12.8. The summed E-state index contributed by atoms with van der Waals surface area (Å²) in [7, 11) is 0. The number of hydrogen-bond acceptors (Lipinski definition) is 4. The average Bonchev–Trinajstić information content (AvgIpc) is 2.84. The number of carbonyl (C=O) groups excluding carboxylic acids is 1. The summed E-state index contributed by atoms with van der Waals surface area (Å²) < 4.78 is 0. The van der Waals surface area contributed by atoms with Gasteiger partial charge in [0.1, 0.15) is 12.1 Å². The second-order valence-electron chi connectivity index (χ2n) is 8.29. The molecule has 1 unspecified atom stereocenters. The quantitative estimate of drug-likeness (QED) is 0.598. The van der Waals surface area contributed by atoms with Gasteiger partial charge >= 0.3 is 0 Å². The summed E-state index contributed by atoms with van der Waals surface area (Å²) in [6.07, 6.45) is 7.17. The first-order chi connectivity index (χ1) is 15.2. The lowest BCUT2D eigenvalue weighted by Gasteiger charge is -2.27. The molecule has 0 spiro atoms. The van der Waals surface area contributed by atoms with E-state index in [1.807, 2.05) is 48.5 Å². The normalized spacial score (nSPS) is 14.8. The van der Waals surface area contributed by atoms with Gasteiger partial charge in [0, 0.05) is 36.3 Å². The van der Waals surface area contributed by atoms with Crippen molar-refractivity contribution < 1.29 is 4.79 Å². The largest absolute Gasteiger partial charge is 0.357 e. The highest BCUT2D eigenvalue weighted by Gasteiger charge is 2.15. The van der Waals surface area contributed by atoms with Crippen LogP contribution in [0.3, 0.4) is 0 Å². The third-order valence-electron chi connectivity index (χ3n) is 5.84. The van der Waals surface area contributed by atoms with Crippen LogP contribution in [0.2, 0.25) is 0 Å². The first kappa shape index (κ1) is 21.0. The van der Waals surface area contributed by atoms with Crippen molar-refractivity contribution in [3.63, 3.8) is 0 Å². The minimum absolute atomic E-state index is 0.0484. The summed E-state index contributed by atoms with van der Waals surface area (Å²) in [6.45, 7) is 4.14. The number of aryl methyl sites for hydroxylation is 1. The van der Waals surface area contributed by atoms with Crippen LogP contribution in [-0.2, 0) is 6.42 Å². The molecule has 1 atom stereocenters. The maximum absolute atomic E-state index is 12.8. The van der Waals surface area contributed by atoms with Gasteiger partial charge in [-0.3, -0.25) is 4.79 Å². The highest BCUT2D eigenvalue weighted by molar-refractivity contribution is 5.95. The molecule has 4 rings (SSSR count). The van der Waals surface area contributed by atoms with E-state index in [2.05, 4.69) is 39.2 Å². The van der Waals surface area contributed by atoms with Crippen molar-refractivity contribution in [3.8, 4) is 11.3 Å². The number of benzene rings is 2. The molecule has 1 aliphatic heterocycles. The van der Waals surface area contributed by atoms with E-state index in [1.54, 1.807) is 6.33 Å². The molecule has 1 fully saturated rings. The number of piperidine rings is 1. The van der Waals surface area contributed by atoms with Gasteiger partial charge in [0.2, 0.25) is 0 Å². The van der Waals surface area contributed by atoms with Crippen molar-refractivity contribution in [2.75, 3.05) is 18.0 Å². The molecule has 0 aliphatic carbocycles. The highest BCUT2D eigenvalue weighted by Crippen LogP contribution is 2.24. The van der Waals surface area contributed by atoms with E-state index in [-0.39, 0.29) is 11.9 Å². The summed E-state index contributed by atoms with van der Waals surface area (Å²) in [4.78, 5) is 24.1. The third-order valence-corrected chi connectivity index (χ3v) is 5.84. The Labute approximate surface area is 184 Å². The number of nitrogens with one attached hydrogen (secondary N) is 1. The Morgan fingerprint density at radius 1 is 1.00 bits per heavy atom. The summed E-state index contributed by atoms with van der Waals surface area (Å²) >= 11 is 0. The molecule has 5 nitrogen and oxygen atoms in total. The molecule has 2 aromatic carbocycles. The van der Waals surface area contributed by atoms with E-state index in [0.717, 1.165) is 43.0 Å². The van der Waals surface area contributed by atoms with Crippen LogP contribution in [0, 0.1) is 0 Å². The second-order valence-corrected chi connectivity index (χ2v) is 8.29. The molecule has 0 saturated carbocycles. The number of rotatable bonds is 7. The number of carbonyl (C=O) groups is 1. The van der Waals surface area contributed by atoms with Crippen LogP contribution in [-0.4, -0.2) is 35.0 Å². The number of amides is 1. The predicted octanol–water partition coefficient (Wildman–Crippen LogP) is 4.89. The Morgan fingerprint density at radius 3 is 2.61 bits per heavy atom. The number of aromatic nitrogens is 2. The highest BCUT2D eigenvalue weighted by atomic mass is 16.1. The van der Waals surface area contributed by atoms with Crippen molar-refractivity contribution in [2.45, 2.75) is 45.1 Å². The first-order valence-corrected chi connectivity index (χ1v) is 11.2. The fourth-order valence-corrected chi connectivity index (χ4v) is 4.03. The SMILES string of the molecule is CC(CCc1ccccc1)NC(=O)c1cccc(-c2cc(N3CCCCC3)ncn2)c1. The molecule has 160 valence electrons. The molecule has 1 aromatic heterocycles. The molecular formula is C26H30N4O. The van der Waals surface area contributed by atoms with Crippen molar-refractivity contribution >= 4 is 11.7 Å². The Morgan fingerprint density at radius 2 is 1.81 bits per heavy atom. The predicted molar refractivity (Wildman–Crippen MR) is 125 cm³/mol. The van der Waals surface area contributed by atoms with E-state index in [0.29, 0.717) is 5.56 Å². The van der Waals surface area contributed by atoms with E-state index >= 15 is 0 Å². The monoisotopic (exact) mass is 414 g/mol. The van der Waals surface area contributed by atoms with Crippen LogP contribution in [0.15, 0.2) is 67.0 Å². The Kier molecular flexibility index (Phi) is 6.92. The van der Waals surface area contributed by atoms with Crippen LogP contribution >= 0.6 is 0 Å². The summed E-state index contributed by atoms with van der Waals surface area (Å²) in [6, 6.07) is 20.2. The van der Waals surface area contributed by atoms with Crippen molar-refractivity contribution in [3.05, 3.63) is 78.1 Å². The molecule has 31 heavy (non-hydrogen) atoms. The third kappa shape index (κ3) is 5.69. The molecule has 1 amide bonds. The lowest BCUT2D eigenvalue weighted by atomic mass is 10.0. The van der Waals surface area contributed by atoms with Crippen molar-refractivity contribution in [2.24, 2.45) is 0 Å². The molecule has 1 N–H and O–H groups in total. The van der Waals surface area contributed by atoms with Gasteiger partial charge in [0.05, 0.1) is 5.69 Å². The van der Waals surface area contributed by atoms with Gasteiger partial charge in [-0.05, 0) is 56.7 Å². The molecule has 3 aromatic rings. The number of nitrogens with zero attached hydrogens (tertiary/aromatic N) is 3. The Balaban J connectivity index is 1.41. The van der Waals surface area contributed by atoms with Gasteiger partial charge < -0.3 is 10.2 Å². The minimum Gasteiger partial charge on any atom is -0.357 e. The molecule has 1 saturated heterocycles. The molecule has 5 heteroatoms. The van der Waals surface area contributed by atoms with E-state index in [4.69, 9.17) is 0 Å². The van der Waals surface area contributed by atoms with Crippen molar-refractivity contribution in [1.82, 2.24) is 15.3 Å². The van der Waals surface area contributed by atoms with Crippen LogP contribution < -0.4 is 10.2 Å².